The molecule has 0 bridgehead atoms. The molecule has 1 amide bonds. The summed E-state index contributed by atoms with van der Waals surface area (Å²) < 4.78 is 1.78. The number of fused-ring (bicyclic) bond motifs is 2. The second-order valence-electron chi connectivity index (χ2n) is 8.63. The predicted molar refractivity (Wildman–Crippen MR) is 115 cm³/mol. The maximum Gasteiger partial charge on any atom is 0.230 e. The topological polar surface area (TPSA) is 45.6 Å². The van der Waals surface area contributed by atoms with Crippen molar-refractivity contribution in [2.24, 2.45) is 5.92 Å². The van der Waals surface area contributed by atoms with Gasteiger partial charge < -0.3 is 4.90 Å². The lowest BCUT2D eigenvalue weighted by Gasteiger charge is -2.42. The van der Waals surface area contributed by atoms with Crippen LogP contribution >= 0.6 is 0 Å². The van der Waals surface area contributed by atoms with Crippen LogP contribution in [0.5, 0.6) is 0 Å². The number of carbonyl (C=O) groups excluding carboxylic acids is 2. The molecule has 1 aliphatic heterocycles. The first-order valence-corrected chi connectivity index (χ1v) is 10.9. The first-order chi connectivity index (χ1) is 14.0. The van der Waals surface area contributed by atoms with E-state index in [2.05, 4.69) is 30.9 Å². The van der Waals surface area contributed by atoms with Gasteiger partial charge in [0.05, 0.1) is 11.4 Å². The molecule has 2 atom stereocenters. The van der Waals surface area contributed by atoms with Crippen molar-refractivity contribution in [3.05, 3.63) is 41.6 Å². The van der Waals surface area contributed by atoms with Gasteiger partial charge in [-0.15, -0.1) is 0 Å². The van der Waals surface area contributed by atoms with Crippen molar-refractivity contribution in [2.45, 2.75) is 52.1 Å². The van der Waals surface area contributed by atoms with E-state index in [0.29, 0.717) is 12.1 Å². The van der Waals surface area contributed by atoms with Crippen LogP contribution in [0.1, 0.15) is 49.5 Å². The highest BCUT2D eigenvalue weighted by molar-refractivity contribution is 6.03. The van der Waals surface area contributed by atoms with E-state index in [1.807, 2.05) is 23.2 Å². The third kappa shape index (κ3) is 2.86. The van der Waals surface area contributed by atoms with Crippen LogP contribution in [0.25, 0.3) is 16.5 Å². The van der Waals surface area contributed by atoms with Crippen LogP contribution < -0.4 is 0 Å². The van der Waals surface area contributed by atoms with Crippen LogP contribution in [0.4, 0.5) is 0 Å². The van der Waals surface area contributed by atoms with Crippen molar-refractivity contribution in [3.8, 4) is 0 Å². The minimum Gasteiger partial charge on any atom is -0.343 e. The van der Waals surface area contributed by atoms with E-state index in [9.17, 15) is 9.59 Å². The first-order valence-electron chi connectivity index (χ1n) is 10.9. The average Bonchev–Trinajstić information content (AvgIpc) is 3.50. The van der Waals surface area contributed by atoms with E-state index in [1.165, 1.54) is 34.9 Å². The molecule has 152 valence electrons. The van der Waals surface area contributed by atoms with Crippen molar-refractivity contribution in [3.63, 3.8) is 0 Å². The van der Waals surface area contributed by atoms with Crippen LogP contribution in [0.3, 0.4) is 0 Å². The number of aromatic nitrogens is 1. The van der Waals surface area contributed by atoms with Gasteiger partial charge in [0.2, 0.25) is 11.8 Å². The van der Waals surface area contributed by atoms with Gasteiger partial charge in [0.25, 0.3) is 0 Å². The molecule has 2 heterocycles. The number of hydrogen-bond acceptors (Lipinski definition) is 3. The first kappa shape index (κ1) is 18.6. The Morgan fingerprint density at radius 3 is 2.59 bits per heavy atom. The highest BCUT2D eigenvalue weighted by atomic mass is 16.2. The van der Waals surface area contributed by atoms with E-state index >= 15 is 0 Å². The molecule has 0 spiro atoms. The summed E-state index contributed by atoms with van der Waals surface area (Å²) >= 11 is 0. The van der Waals surface area contributed by atoms with Crippen LogP contribution in [0.2, 0.25) is 0 Å². The molecule has 1 saturated carbocycles. The lowest BCUT2D eigenvalue weighted by atomic mass is 9.79. The van der Waals surface area contributed by atoms with Gasteiger partial charge in [0, 0.05) is 50.2 Å². The zero-order valence-electron chi connectivity index (χ0n) is 17.5. The molecule has 5 rings (SSSR count). The average molecular weight is 392 g/mol. The van der Waals surface area contributed by atoms with E-state index in [0.717, 1.165) is 31.6 Å². The Bertz CT molecular complexity index is 1030. The normalized spacial score (nSPS) is 23.6. The molecule has 5 nitrogen and oxygen atoms in total. The number of benzene rings is 1. The summed E-state index contributed by atoms with van der Waals surface area (Å²) in [5.41, 5.74) is 4.73. The SMILES string of the molecule is CCN(CC)C(=O)[C@@H]1C=C2c3cccc4c3c(cn4C(C)=O)C[C@H]2N(C2CC2)C1. The van der Waals surface area contributed by atoms with Gasteiger partial charge in [0.15, 0.2) is 0 Å². The quantitative estimate of drug-likeness (QED) is 0.800. The standard InChI is InChI=1S/C24H29N3O2/c1-4-25(5-2)24(29)17-11-20-19-7-6-8-21-23(19)16(13-26(21)15(3)28)12-22(20)27(14-17)18-9-10-18/h6-8,11,13,17-18,22H,4-5,9-10,12,14H2,1-3H3/t17-,22-/m1/s1. The van der Waals surface area contributed by atoms with Crippen molar-refractivity contribution >= 4 is 28.3 Å². The van der Waals surface area contributed by atoms with E-state index in [-0.39, 0.29) is 17.7 Å². The number of rotatable bonds is 4. The maximum atomic E-state index is 13.2. The summed E-state index contributed by atoms with van der Waals surface area (Å²) in [7, 11) is 0. The predicted octanol–water partition coefficient (Wildman–Crippen LogP) is 3.57. The fraction of sp³-hybridized carbons (Fsp3) is 0.500. The Morgan fingerprint density at radius 1 is 1.17 bits per heavy atom. The number of hydrogen-bond donors (Lipinski definition) is 0. The van der Waals surface area contributed by atoms with Gasteiger partial charge in [0.1, 0.15) is 0 Å². The fourth-order valence-corrected chi connectivity index (χ4v) is 5.37. The molecular formula is C24H29N3O2. The lowest BCUT2D eigenvalue weighted by molar-refractivity contribution is -0.134. The molecule has 5 heteroatoms. The van der Waals surface area contributed by atoms with Crippen molar-refractivity contribution < 1.29 is 9.59 Å². The molecular weight excluding hydrogens is 362 g/mol. The summed E-state index contributed by atoms with van der Waals surface area (Å²) in [5.74, 6) is 0.199. The number of nitrogens with zero attached hydrogens (tertiary/aromatic N) is 3. The molecule has 0 unspecified atom stereocenters. The maximum absolute atomic E-state index is 13.2. The minimum absolute atomic E-state index is 0.0471. The second-order valence-corrected chi connectivity index (χ2v) is 8.63. The third-order valence-corrected chi connectivity index (χ3v) is 6.93. The van der Waals surface area contributed by atoms with Crippen LogP contribution in [-0.4, -0.2) is 57.9 Å². The Hall–Kier alpha value is -2.40. The molecule has 2 aliphatic carbocycles. The highest BCUT2D eigenvalue weighted by Crippen LogP contribution is 2.45. The zero-order chi connectivity index (χ0) is 20.3. The van der Waals surface area contributed by atoms with Crippen molar-refractivity contribution in [1.29, 1.82) is 0 Å². The van der Waals surface area contributed by atoms with Crippen LogP contribution in [0.15, 0.2) is 30.5 Å². The van der Waals surface area contributed by atoms with Gasteiger partial charge in [-0.25, -0.2) is 0 Å². The van der Waals surface area contributed by atoms with Gasteiger partial charge >= 0.3 is 0 Å². The summed E-state index contributed by atoms with van der Waals surface area (Å²) in [6.45, 7) is 8.04. The van der Waals surface area contributed by atoms with Gasteiger partial charge in [-0.05, 0) is 55.9 Å². The van der Waals surface area contributed by atoms with Crippen LogP contribution in [0, 0.1) is 5.92 Å². The largest absolute Gasteiger partial charge is 0.343 e. The van der Waals surface area contributed by atoms with Gasteiger partial charge in [-0.3, -0.25) is 19.1 Å². The summed E-state index contributed by atoms with van der Waals surface area (Å²) in [5, 5.41) is 1.19. The Balaban J connectivity index is 1.65. The molecule has 29 heavy (non-hydrogen) atoms. The van der Waals surface area contributed by atoms with Gasteiger partial charge in [-0.1, -0.05) is 18.2 Å². The smallest absolute Gasteiger partial charge is 0.230 e. The monoisotopic (exact) mass is 391 g/mol. The highest BCUT2D eigenvalue weighted by Gasteiger charge is 2.43. The molecule has 2 aromatic rings. The molecule has 0 saturated heterocycles. The number of carbonyl (C=O) groups is 2. The van der Waals surface area contributed by atoms with Crippen molar-refractivity contribution in [2.75, 3.05) is 19.6 Å². The third-order valence-electron chi connectivity index (χ3n) is 6.93. The van der Waals surface area contributed by atoms with Gasteiger partial charge in [-0.2, -0.15) is 0 Å². The Labute approximate surface area is 172 Å². The summed E-state index contributed by atoms with van der Waals surface area (Å²) in [6, 6.07) is 7.14. The van der Waals surface area contributed by atoms with Crippen LogP contribution in [-0.2, 0) is 11.2 Å². The molecule has 3 aliphatic rings. The molecule has 0 N–H and O–H groups in total. The molecule has 1 fully saturated rings. The zero-order valence-corrected chi connectivity index (χ0v) is 17.5. The molecule has 0 radical (unpaired) electrons. The van der Waals surface area contributed by atoms with E-state index in [1.54, 1.807) is 11.5 Å². The van der Waals surface area contributed by atoms with E-state index < -0.39 is 0 Å². The second kappa shape index (κ2) is 6.84. The summed E-state index contributed by atoms with van der Waals surface area (Å²) in [6.07, 6.45) is 7.64. The Kier molecular flexibility index (Phi) is 4.39. The minimum atomic E-state index is -0.0894. The van der Waals surface area contributed by atoms with Crippen molar-refractivity contribution in [1.82, 2.24) is 14.4 Å². The molecule has 1 aromatic carbocycles. The van der Waals surface area contributed by atoms with E-state index in [4.69, 9.17) is 0 Å². The number of amides is 1. The molecule has 1 aromatic heterocycles. The lowest BCUT2D eigenvalue weighted by Crippen LogP contribution is -2.50. The fourth-order valence-electron chi connectivity index (χ4n) is 5.37. The Morgan fingerprint density at radius 2 is 1.93 bits per heavy atom. The summed E-state index contributed by atoms with van der Waals surface area (Å²) in [4.78, 5) is 29.9.